The zero-order chi connectivity index (χ0) is 11.4. The third-order valence-corrected chi connectivity index (χ3v) is 3.27. The minimum Gasteiger partial charge on any atom is -0.468 e. The van der Waals surface area contributed by atoms with E-state index >= 15 is 0 Å². The molecule has 0 saturated heterocycles. The van der Waals surface area contributed by atoms with E-state index < -0.39 is 0 Å². The average molecular weight is 222 g/mol. The first-order valence-electron chi connectivity index (χ1n) is 6.34. The fourth-order valence-corrected chi connectivity index (χ4v) is 2.06. The molecule has 3 nitrogen and oxygen atoms in total. The third-order valence-electron chi connectivity index (χ3n) is 3.27. The molecule has 1 fully saturated rings. The van der Waals surface area contributed by atoms with Crippen molar-refractivity contribution in [1.29, 1.82) is 0 Å². The molecule has 1 aliphatic rings. The molecule has 0 atom stereocenters. The summed E-state index contributed by atoms with van der Waals surface area (Å²) in [6.07, 6.45) is 6.98. The van der Waals surface area contributed by atoms with Gasteiger partial charge in [-0.25, -0.2) is 0 Å². The summed E-state index contributed by atoms with van der Waals surface area (Å²) in [4.78, 5) is 2.54. The number of nitrogens with two attached hydrogens (primary N) is 1. The van der Waals surface area contributed by atoms with Crippen molar-refractivity contribution >= 4 is 0 Å². The van der Waals surface area contributed by atoms with E-state index in [9.17, 15) is 0 Å². The third kappa shape index (κ3) is 2.86. The molecular weight excluding hydrogens is 200 g/mol. The molecule has 2 N–H and O–H groups in total. The van der Waals surface area contributed by atoms with Crippen molar-refractivity contribution in [3.63, 3.8) is 0 Å². The second kappa shape index (κ2) is 5.51. The Morgan fingerprint density at radius 2 is 2.31 bits per heavy atom. The van der Waals surface area contributed by atoms with E-state index in [1.807, 2.05) is 6.07 Å². The summed E-state index contributed by atoms with van der Waals surface area (Å²) in [5, 5.41) is 0. The molecule has 1 aromatic heterocycles. The molecule has 0 bridgehead atoms. The summed E-state index contributed by atoms with van der Waals surface area (Å²) in [7, 11) is 0. The predicted molar refractivity (Wildman–Crippen MR) is 64.9 cm³/mol. The summed E-state index contributed by atoms with van der Waals surface area (Å²) < 4.78 is 5.52. The lowest BCUT2D eigenvalue weighted by Crippen LogP contribution is -2.27. The maximum atomic E-state index is 5.68. The number of hydrogen-bond acceptors (Lipinski definition) is 3. The summed E-state index contributed by atoms with van der Waals surface area (Å²) in [5.41, 5.74) is 6.84. The standard InChI is InChI=1S/C13H22N2O/c1-2-3-7-15(12-4-5-12)10-13-11(9-14)6-8-16-13/h6,8,12H,2-5,7,9-10,14H2,1H3. The lowest BCUT2D eigenvalue weighted by Gasteiger charge is -2.20. The van der Waals surface area contributed by atoms with Gasteiger partial charge in [0.2, 0.25) is 0 Å². The monoisotopic (exact) mass is 222 g/mol. The van der Waals surface area contributed by atoms with Crippen LogP contribution < -0.4 is 5.73 Å². The second-order valence-electron chi connectivity index (χ2n) is 4.63. The van der Waals surface area contributed by atoms with Gasteiger partial charge < -0.3 is 10.2 Å². The van der Waals surface area contributed by atoms with E-state index in [1.54, 1.807) is 6.26 Å². The zero-order valence-electron chi connectivity index (χ0n) is 10.1. The fraction of sp³-hybridized carbons (Fsp3) is 0.692. The summed E-state index contributed by atoms with van der Waals surface area (Å²) >= 11 is 0. The molecule has 0 aromatic carbocycles. The fourth-order valence-electron chi connectivity index (χ4n) is 2.06. The molecule has 1 saturated carbocycles. The van der Waals surface area contributed by atoms with Crippen molar-refractivity contribution in [3.05, 3.63) is 23.7 Å². The van der Waals surface area contributed by atoms with Gasteiger partial charge in [0.25, 0.3) is 0 Å². The molecule has 0 unspecified atom stereocenters. The first-order chi connectivity index (χ1) is 7.85. The SMILES string of the molecule is CCCCN(Cc1occc1CN)C1CC1. The first-order valence-corrected chi connectivity index (χ1v) is 6.34. The van der Waals surface area contributed by atoms with Gasteiger partial charge in [-0.2, -0.15) is 0 Å². The van der Waals surface area contributed by atoms with Crippen molar-refractivity contribution < 1.29 is 4.42 Å². The minimum absolute atomic E-state index is 0.581. The van der Waals surface area contributed by atoms with Crippen molar-refractivity contribution in [2.24, 2.45) is 5.73 Å². The summed E-state index contributed by atoms with van der Waals surface area (Å²) in [5.74, 6) is 1.06. The van der Waals surface area contributed by atoms with E-state index in [-0.39, 0.29) is 0 Å². The highest BCUT2D eigenvalue weighted by Crippen LogP contribution is 2.29. The highest BCUT2D eigenvalue weighted by molar-refractivity contribution is 5.16. The van der Waals surface area contributed by atoms with E-state index in [4.69, 9.17) is 10.2 Å². The Labute approximate surface area is 97.6 Å². The molecule has 1 aromatic rings. The Kier molecular flexibility index (Phi) is 4.02. The lowest BCUT2D eigenvalue weighted by molar-refractivity contribution is 0.229. The number of nitrogens with zero attached hydrogens (tertiary/aromatic N) is 1. The largest absolute Gasteiger partial charge is 0.468 e. The molecule has 0 amide bonds. The van der Waals surface area contributed by atoms with Crippen LogP contribution in [0.2, 0.25) is 0 Å². The van der Waals surface area contributed by atoms with Gasteiger partial charge in [-0.1, -0.05) is 13.3 Å². The highest BCUT2D eigenvalue weighted by Gasteiger charge is 2.29. The Balaban J connectivity index is 1.94. The van der Waals surface area contributed by atoms with Gasteiger partial charge >= 0.3 is 0 Å². The molecular formula is C13H22N2O. The quantitative estimate of drug-likeness (QED) is 0.770. The lowest BCUT2D eigenvalue weighted by atomic mass is 10.2. The predicted octanol–water partition coefficient (Wildman–Crippen LogP) is 2.50. The normalized spacial score (nSPS) is 15.9. The zero-order valence-corrected chi connectivity index (χ0v) is 10.1. The van der Waals surface area contributed by atoms with Crippen LogP contribution in [0.5, 0.6) is 0 Å². The van der Waals surface area contributed by atoms with E-state index in [1.165, 1.54) is 32.2 Å². The van der Waals surface area contributed by atoms with Gasteiger partial charge in [0, 0.05) is 18.2 Å². The molecule has 0 spiro atoms. The molecule has 0 aliphatic heterocycles. The molecule has 90 valence electrons. The van der Waals surface area contributed by atoms with Crippen molar-refractivity contribution in [2.45, 2.75) is 51.7 Å². The van der Waals surface area contributed by atoms with Crippen LogP contribution in [0.4, 0.5) is 0 Å². The first kappa shape index (κ1) is 11.7. The van der Waals surface area contributed by atoms with E-state index in [0.29, 0.717) is 6.54 Å². The Morgan fingerprint density at radius 3 is 2.94 bits per heavy atom. The molecule has 16 heavy (non-hydrogen) atoms. The highest BCUT2D eigenvalue weighted by atomic mass is 16.3. The molecule has 3 heteroatoms. The van der Waals surface area contributed by atoms with Gasteiger partial charge in [0.15, 0.2) is 0 Å². The van der Waals surface area contributed by atoms with E-state index in [2.05, 4.69) is 11.8 Å². The van der Waals surface area contributed by atoms with Crippen molar-refractivity contribution in [3.8, 4) is 0 Å². The van der Waals surface area contributed by atoms with Gasteiger partial charge in [-0.3, -0.25) is 4.90 Å². The maximum Gasteiger partial charge on any atom is 0.122 e. The number of hydrogen-bond donors (Lipinski definition) is 1. The second-order valence-corrected chi connectivity index (χ2v) is 4.63. The van der Waals surface area contributed by atoms with Crippen LogP contribution in [0.3, 0.4) is 0 Å². The molecule has 0 radical (unpaired) electrons. The van der Waals surface area contributed by atoms with Crippen LogP contribution in [-0.2, 0) is 13.1 Å². The van der Waals surface area contributed by atoms with Gasteiger partial charge in [-0.15, -0.1) is 0 Å². The minimum atomic E-state index is 0.581. The molecule has 2 rings (SSSR count). The van der Waals surface area contributed by atoms with Crippen LogP contribution >= 0.6 is 0 Å². The number of furan rings is 1. The molecule has 1 aliphatic carbocycles. The summed E-state index contributed by atoms with van der Waals surface area (Å²) in [6.45, 7) is 4.94. The van der Waals surface area contributed by atoms with Crippen LogP contribution in [0.1, 0.15) is 43.9 Å². The van der Waals surface area contributed by atoms with Crippen LogP contribution in [0, 0.1) is 0 Å². The Bertz CT molecular complexity index is 317. The summed E-state index contributed by atoms with van der Waals surface area (Å²) in [6, 6.07) is 2.78. The smallest absolute Gasteiger partial charge is 0.122 e. The van der Waals surface area contributed by atoms with Crippen LogP contribution in [0.25, 0.3) is 0 Å². The number of rotatable bonds is 7. The van der Waals surface area contributed by atoms with E-state index in [0.717, 1.165) is 23.9 Å². The maximum absolute atomic E-state index is 5.68. The molecule has 1 heterocycles. The average Bonchev–Trinajstić information content (AvgIpc) is 3.05. The topological polar surface area (TPSA) is 42.4 Å². The van der Waals surface area contributed by atoms with Gasteiger partial charge in [0.05, 0.1) is 12.8 Å². The Morgan fingerprint density at radius 1 is 1.50 bits per heavy atom. The van der Waals surface area contributed by atoms with Gasteiger partial charge in [0.1, 0.15) is 5.76 Å². The van der Waals surface area contributed by atoms with Gasteiger partial charge in [-0.05, 0) is 31.9 Å². The van der Waals surface area contributed by atoms with Crippen LogP contribution in [-0.4, -0.2) is 17.5 Å². The number of unbranched alkanes of at least 4 members (excludes halogenated alkanes) is 1. The van der Waals surface area contributed by atoms with Crippen molar-refractivity contribution in [1.82, 2.24) is 4.90 Å². The Hall–Kier alpha value is -0.800. The van der Waals surface area contributed by atoms with Crippen LogP contribution in [0.15, 0.2) is 16.7 Å². The van der Waals surface area contributed by atoms with Crippen molar-refractivity contribution in [2.75, 3.05) is 6.54 Å².